The first kappa shape index (κ1) is 13.6. The molecular formula is C13H18ClNS2. The molecule has 0 bridgehead atoms. The summed E-state index contributed by atoms with van der Waals surface area (Å²) in [5.74, 6) is 2.46. The van der Waals surface area contributed by atoms with Crippen LogP contribution in [0, 0.1) is 5.41 Å². The number of aromatic nitrogens is 1. The van der Waals surface area contributed by atoms with Crippen molar-refractivity contribution in [2.45, 2.75) is 31.3 Å². The average Bonchev–Trinajstić information content (AvgIpc) is 2.29. The number of thioether (sulfide) groups is 2. The highest BCUT2D eigenvalue weighted by Gasteiger charge is 2.46. The summed E-state index contributed by atoms with van der Waals surface area (Å²) in [5, 5.41) is 0.573. The molecule has 0 spiro atoms. The van der Waals surface area contributed by atoms with E-state index in [2.05, 4.69) is 55.3 Å². The maximum Gasteiger partial charge on any atom is 0.129 e. The predicted molar refractivity (Wildman–Crippen MR) is 79.9 cm³/mol. The first-order valence-corrected chi connectivity index (χ1v) is 8.20. The molecule has 4 heteroatoms. The number of pyridine rings is 1. The molecule has 2 rings (SSSR count). The van der Waals surface area contributed by atoms with Crippen LogP contribution >= 0.6 is 35.1 Å². The minimum Gasteiger partial charge on any atom is -0.244 e. The zero-order chi connectivity index (χ0) is 12.5. The molecule has 1 aliphatic rings. The van der Waals surface area contributed by atoms with Gasteiger partial charge in [0.2, 0.25) is 0 Å². The van der Waals surface area contributed by atoms with Crippen LogP contribution in [0.2, 0.25) is 5.15 Å². The number of nitrogens with zero attached hydrogens (tertiary/aromatic N) is 1. The Morgan fingerprint density at radius 3 is 2.35 bits per heavy atom. The Labute approximate surface area is 117 Å². The second-order valence-corrected chi connectivity index (χ2v) is 8.55. The molecule has 0 unspecified atom stereocenters. The SMILES string of the molecule is CC(C)(C)C1(c2ccc(Cl)nc2)SCCCS1. The monoisotopic (exact) mass is 287 g/mol. The summed E-state index contributed by atoms with van der Waals surface area (Å²) < 4.78 is 0.114. The van der Waals surface area contributed by atoms with Gasteiger partial charge in [-0.15, -0.1) is 23.5 Å². The smallest absolute Gasteiger partial charge is 0.129 e. The highest BCUT2D eigenvalue weighted by molar-refractivity contribution is 8.18. The van der Waals surface area contributed by atoms with Gasteiger partial charge in [0.1, 0.15) is 5.15 Å². The maximum absolute atomic E-state index is 5.89. The topological polar surface area (TPSA) is 12.9 Å². The lowest BCUT2D eigenvalue weighted by Crippen LogP contribution is -2.36. The van der Waals surface area contributed by atoms with E-state index in [1.807, 2.05) is 12.3 Å². The van der Waals surface area contributed by atoms with Crippen molar-refractivity contribution in [2.24, 2.45) is 5.41 Å². The highest BCUT2D eigenvalue weighted by atomic mass is 35.5. The van der Waals surface area contributed by atoms with Gasteiger partial charge in [0.05, 0.1) is 4.08 Å². The summed E-state index contributed by atoms with van der Waals surface area (Å²) in [6.45, 7) is 6.94. The van der Waals surface area contributed by atoms with E-state index in [9.17, 15) is 0 Å². The van der Waals surface area contributed by atoms with E-state index in [1.54, 1.807) is 0 Å². The minimum absolute atomic E-state index is 0.114. The summed E-state index contributed by atoms with van der Waals surface area (Å²) >= 11 is 10.00. The third-order valence-corrected chi connectivity index (χ3v) is 7.42. The summed E-state index contributed by atoms with van der Waals surface area (Å²) in [5.41, 5.74) is 1.50. The van der Waals surface area contributed by atoms with Gasteiger partial charge < -0.3 is 0 Å². The molecule has 1 nitrogen and oxygen atoms in total. The van der Waals surface area contributed by atoms with Crippen LogP contribution in [0.1, 0.15) is 32.8 Å². The highest BCUT2D eigenvalue weighted by Crippen LogP contribution is 2.60. The lowest BCUT2D eigenvalue weighted by molar-refractivity contribution is 0.371. The Kier molecular flexibility index (Phi) is 4.01. The van der Waals surface area contributed by atoms with Gasteiger partial charge in [-0.25, -0.2) is 4.98 Å². The largest absolute Gasteiger partial charge is 0.244 e. The summed E-state index contributed by atoms with van der Waals surface area (Å²) in [4.78, 5) is 4.25. The molecule has 0 amide bonds. The molecule has 0 N–H and O–H groups in total. The molecule has 0 radical (unpaired) electrons. The molecule has 2 heterocycles. The molecule has 0 atom stereocenters. The molecule has 1 aromatic rings. The standard InChI is InChI=1S/C13H18ClNS2/c1-12(2,3)13(16-7-4-8-17-13)10-5-6-11(14)15-9-10/h5-6,9H,4,7-8H2,1-3H3. The molecule has 0 aliphatic carbocycles. The molecule has 0 saturated carbocycles. The van der Waals surface area contributed by atoms with Crippen LogP contribution in [0.4, 0.5) is 0 Å². The second-order valence-electron chi connectivity index (χ2n) is 5.29. The normalized spacial score (nSPS) is 20.2. The Morgan fingerprint density at radius 2 is 1.88 bits per heavy atom. The molecule has 1 saturated heterocycles. The molecule has 1 aromatic heterocycles. The van der Waals surface area contributed by atoms with Crippen LogP contribution in [0.3, 0.4) is 0 Å². The van der Waals surface area contributed by atoms with Crippen molar-refractivity contribution < 1.29 is 0 Å². The van der Waals surface area contributed by atoms with Crippen LogP contribution in [-0.2, 0) is 4.08 Å². The van der Waals surface area contributed by atoms with Crippen LogP contribution in [0.15, 0.2) is 18.3 Å². The predicted octanol–water partition coefficient (Wildman–Crippen LogP) is 4.80. The Morgan fingerprint density at radius 1 is 1.24 bits per heavy atom. The van der Waals surface area contributed by atoms with Crippen molar-refractivity contribution in [3.63, 3.8) is 0 Å². The number of hydrogen-bond donors (Lipinski definition) is 0. The quantitative estimate of drug-likeness (QED) is 0.688. The van der Waals surface area contributed by atoms with Gasteiger partial charge in [-0.3, -0.25) is 0 Å². The van der Waals surface area contributed by atoms with Gasteiger partial charge >= 0.3 is 0 Å². The number of rotatable bonds is 1. The second kappa shape index (κ2) is 5.02. The van der Waals surface area contributed by atoms with Crippen molar-refractivity contribution >= 4 is 35.1 Å². The van der Waals surface area contributed by atoms with Crippen molar-refractivity contribution in [1.29, 1.82) is 0 Å². The molecule has 0 aromatic carbocycles. The van der Waals surface area contributed by atoms with E-state index in [0.29, 0.717) is 5.15 Å². The van der Waals surface area contributed by atoms with Crippen LogP contribution in [0.5, 0.6) is 0 Å². The fourth-order valence-corrected chi connectivity index (χ4v) is 5.86. The van der Waals surface area contributed by atoms with Crippen molar-refractivity contribution in [2.75, 3.05) is 11.5 Å². The molecule has 17 heavy (non-hydrogen) atoms. The fourth-order valence-electron chi connectivity index (χ4n) is 2.14. The van der Waals surface area contributed by atoms with E-state index >= 15 is 0 Å². The average molecular weight is 288 g/mol. The van der Waals surface area contributed by atoms with Crippen LogP contribution in [-0.4, -0.2) is 16.5 Å². The van der Waals surface area contributed by atoms with Crippen molar-refractivity contribution in [3.05, 3.63) is 29.0 Å². The van der Waals surface area contributed by atoms with Crippen molar-refractivity contribution in [1.82, 2.24) is 4.98 Å². The van der Waals surface area contributed by atoms with Gasteiger partial charge in [0.25, 0.3) is 0 Å². The number of halogens is 1. The molecular weight excluding hydrogens is 270 g/mol. The zero-order valence-electron chi connectivity index (χ0n) is 10.5. The lowest BCUT2D eigenvalue weighted by atomic mass is 9.87. The van der Waals surface area contributed by atoms with Crippen LogP contribution in [0.25, 0.3) is 0 Å². The molecule has 94 valence electrons. The van der Waals surface area contributed by atoms with E-state index in [1.165, 1.54) is 23.5 Å². The van der Waals surface area contributed by atoms with Gasteiger partial charge in [0, 0.05) is 6.20 Å². The fraction of sp³-hybridized carbons (Fsp3) is 0.615. The summed E-state index contributed by atoms with van der Waals surface area (Å²) in [6.07, 6.45) is 3.24. The van der Waals surface area contributed by atoms with E-state index in [0.717, 1.165) is 0 Å². The maximum atomic E-state index is 5.89. The Balaban J connectivity index is 2.43. The van der Waals surface area contributed by atoms with Gasteiger partial charge in [-0.1, -0.05) is 38.4 Å². The van der Waals surface area contributed by atoms with Crippen molar-refractivity contribution in [3.8, 4) is 0 Å². The Hall–Kier alpha value is 0.140. The van der Waals surface area contributed by atoms with E-state index in [4.69, 9.17) is 11.6 Å². The molecule has 1 aliphatic heterocycles. The third-order valence-electron chi connectivity index (χ3n) is 2.99. The van der Waals surface area contributed by atoms with Gasteiger partial charge in [-0.2, -0.15) is 0 Å². The Bertz CT molecular complexity index is 377. The summed E-state index contributed by atoms with van der Waals surface area (Å²) in [6, 6.07) is 4.03. The number of hydrogen-bond acceptors (Lipinski definition) is 3. The summed E-state index contributed by atoms with van der Waals surface area (Å²) in [7, 11) is 0. The van der Waals surface area contributed by atoms with Gasteiger partial charge in [0.15, 0.2) is 0 Å². The zero-order valence-corrected chi connectivity index (χ0v) is 12.9. The van der Waals surface area contributed by atoms with E-state index in [-0.39, 0.29) is 9.49 Å². The molecule has 1 fully saturated rings. The van der Waals surface area contributed by atoms with Gasteiger partial charge in [-0.05, 0) is 35.0 Å². The first-order valence-electron chi connectivity index (χ1n) is 5.86. The third kappa shape index (κ3) is 2.61. The van der Waals surface area contributed by atoms with E-state index < -0.39 is 0 Å². The van der Waals surface area contributed by atoms with Crippen LogP contribution < -0.4 is 0 Å². The first-order chi connectivity index (χ1) is 7.96. The lowest BCUT2D eigenvalue weighted by Gasteiger charge is -2.46. The minimum atomic E-state index is 0.114.